The molecular formula is C20H17ClN2O3S. The van der Waals surface area contributed by atoms with E-state index in [1.54, 1.807) is 50.4 Å². The second-order valence-corrected chi connectivity index (χ2v) is 6.86. The highest BCUT2D eigenvalue weighted by Gasteiger charge is 2.35. The quantitative estimate of drug-likeness (QED) is 0.483. The molecule has 1 fully saturated rings. The normalized spacial score (nSPS) is 15.9. The van der Waals surface area contributed by atoms with E-state index < -0.39 is 11.8 Å². The van der Waals surface area contributed by atoms with Gasteiger partial charge >= 0.3 is 0 Å². The molecule has 1 aliphatic heterocycles. The van der Waals surface area contributed by atoms with E-state index in [-0.39, 0.29) is 10.7 Å². The third-order valence-electron chi connectivity index (χ3n) is 4.31. The summed E-state index contributed by atoms with van der Waals surface area (Å²) in [6.07, 6.45) is 1.54. The highest BCUT2D eigenvalue weighted by atomic mass is 35.5. The molecule has 0 unspecified atom stereocenters. The van der Waals surface area contributed by atoms with Crippen LogP contribution < -0.4 is 15.0 Å². The summed E-state index contributed by atoms with van der Waals surface area (Å²) in [6, 6.07) is 10.6. The minimum atomic E-state index is -0.533. The summed E-state index contributed by atoms with van der Waals surface area (Å²) in [4.78, 5) is 26.7. The summed E-state index contributed by atoms with van der Waals surface area (Å²) in [5.74, 6) is -0.300. The van der Waals surface area contributed by atoms with E-state index in [4.69, 9.17) is 28.6 Å². The van der Waals surface area contributed by atoms with Gasteiger partial charge in [0, 0.05) is 5.02 Å². The standard InChI is InChI=1S/C20H17ClN2O3S/c1-11-9-13(7-8-17(11)26-3)10-14-18(24)22-20(27)23(19(14)25)16-6-4-5-15(21)12(16)2/h4-10H,1-3H3,(H,22,24,27)/b14-10+. The number of carbonyl (C=O) groups excluding carboxylic acids is 2. The van der Waals surface area contributed by atoms with Crippen LogP contribution in [-0.4, -0.2) is 24.0 Å². The Morgan fingerprint density at radius 2 is 1.93 bits per heavy atom. The van der Waals surface area contributed by atoms with Crippen molar-refractivity contribution in [1.29, 1.82) is 0 Å². The van der Waals surface area contributed by atoms with Crippen LogP contribution in [0.4, 0.5) is 5.69 Å². The van der Waals surface area contributed by atoms with Crippen molar-refractivity contribution in [3.05, 3.63) is 63.7 Å². The SMILES string of the molecule is COc1ccc(/C=C2\C(=O)NC(=S)N(c3cccc(Cl)c3C)C2=O)cc1C. The average molecular weight is 401 g/mol. The summed E-state index contributed by atoms with van der Waals surface area (Å²) >= 11 is 11.4. The van der Waals surface area contributed by atoms with Crippen LogP contribution in [0.15, 0.2) is 42.0 Å². The molecule has 5 nitrogen and oxygen atoms in total. The number of hydrogen-bond donors (Lipinski definition) is 1. The van der Waals surface area contributed by atoms with Gasteiger partial charge in [0.05, 0.1) is 12.8 Å². The van der Waals surface area contributed by atoms with Gasteiger partial charge in [0.25, 0.3) is 11.8 Å². The van der Waals surface area contributed by atoms with E-state index in [2.05, 4.69) is 5.32 Å². The molecule has 0 spiro atoms. The molecule has 2 amide bonds. The molecule has 1 aliphatic rings. The molecule has 0 bridgehead atoms. The first-order valence-electron chi connectivity index (χ1n) is 8.14. The van der Waals surface area contributed by atoms with Gasteiger partial charge < -0.3 is 4.74 Å². The summed E-state index contributed by atoms with van der Waals surface area (Å²) < 4.78 is 5.24. The molecule has 3 rings (SSSR count). The smallest absolute Gasteiger partial charge is 0.270 e. The number of thiocarbonyl (C=S) groups is 1. The minimum absolute atomic E-state index is 0.00691. The second kappa shape index (κ2) is 7.50. The zero-order chi connectivity index (χ0) is 19.7. The van der Waals surface area contributed by atoms with E-state index in [0.29, 0.717) is 21.8 Å². The van der Waals surface area contributed by atoms with Gasteiger partial charge in [-0.05, 0) is 73.1 Å². The number of carbonyl (C=O) groups is 2. The van der Waals surface area contributed by atoms with E-state index in [1.165, 1.54) is 4.90 Å². The Balaban J connectivity index is 2.05. The Kier molecular flexibility index (Phi) is 5.30. The average Bonchev–Trinajstić information content (AvgIpc) is 2.62. The Labute approximate surface area is 167 Å². The van der Waals surface area contributed by atoms with Crippen LogP contribution in [-0.2, 0) is 9.59 Å². The van der Waals surface area contributed by atoms with Gasteiger partial charge in [0.15, 0.2) is 5.11 Å². The molecule has 1 saturated heterocycles. The molecular weight excluding hydrogens is 384 g/mol. The van der Waals surface area contributed by atoms with Crippen LogP contribution in [0.1, 0.15) is 16.7 Å². The van der Waals surface area contributed by atoms with Crippen LogP contribution in [0, 0.1) is 13.8 Å². The third kappa shape index (κ3) is 3.59. The van der Waals surface area contributed by atoms with Crippen LogP contribution in [0.5, 0.6) is 5.75 Å². The van der Waals surface area contributed by atoms with Crippen LogP contribution in [0.3, 0.4) is 0 Å². The Hall–Kier alpha value is -2.70. The molecule has 1 heterocycles. The Morgan fingerprint density at radius 3 is 2.59 bits per heavy atom. The largest absolute Gasteiger partial charge is 0.496 e. The fraction of sp³-hybridized carbons (Fsp3) is 0.150. The van der Waals surface area contributed by atoms with Crippen LogP contribution in [0.2, 0.25) is 5.02 Å². The maximum absolute atomic E-state index is 13.1. The number of amides is 2. The number of hydrogen-bond acceptors (Lipinski definition) is 4. The number of nitrogens with zero attached hydrogens (tertiary/aromatic N) is 1. The van der Waals surface area contributed by atoms with Gasteiger partial charge in [-0.2, -0.15) is 0 Å². The summed E-state index contributed by atoms with van der Waals surface area (Å²) in [5.41, 5.74) is 2.84. The lowest BCUT2D eigenvalue weighted by Crippen LogP contribution is -2.54. The number of anilines is 1. The van der Waals surface area contributed by atoms with Crippen molar-refractivity contribution in [2.45, 2.75) is 13.8 Å². The summed E-state index contributed by atoms with van der Waals surface area (Å²) in [7, 11) is 1.59. The van der Waals surface area contributed by atoms with Crippen molar-refractivity contribution >= 4 is 52.5 Å². The molecule has 138 valence electrons. The molecule has 1 N–H and O–H groups in total. The number of halogens is 1. The lowest BCUT2D eigenvalue weighted by Gasteiger charge is -2.30. The topological polar surface area (TPSA) is 58.6 Å². The maximum Gasteiger partial charge on any atom is 0.270 e. The van der Waals surface area contributed by atoms with Gasteiger partial charge in [0.2, 0.25) is 0 Å². The summed E-state index contributed by atoms with van der Waals surface area (Å²) in [6.45, 7) is 3.68. The third-order valence-corrected chi connectivity index (χ3v) is 5.01. The Bertz CT molecular complexity index is 1000. The second-order valence-electron chi connectivity index (χ2n) is 6.07. The monoisotopic (exact) mass is 400 g/mol. The minimum Gasteiger partial charge on any atom is -0.496 e. The molecule has 0 aromatic heterocycles. The number of nitrogens with one attached hydrogen (secondary N) is 1. The van der Waals surface area contributed by atoms with Gasteiger partial charge in [0.1, 0.15) is 11.3 Å². The molecule has 2 aromatic rings. The molecule has 27 heavy (non-hydrogen) atoms. The number of aryl methyl sites for hydroxylation is 1. The lowest BCUT2D eigenvalue weighted by molar-refractivity contribution is -0.122. The van der Waals surface area contributed by atoms with Gasteiger partial charge in [-0.25, -0.2) is 0 Å². The van der Waals surface area contributed by atoms with Gasteiger partial charge in [-0.15, -0.1) is 0 Å². The maximum atomic E-state index is 13.1. The van der Waals surface area contributed by atoms with E-state index in [0.717, 1.165) is 11.3 Å². The van der Waals surface area contributed by atoms with Gasteiger partial charge in [-0.3, -0.25) is 19.8 Å². The van der Waals surface area contributed by atoms with Crippen molar-refractivity contribution in [3.8, 4) is 5.75 Å². The van der Waals surface area contributed by atoms with Crippen molar-refractivity contribution in [2.24, 2.45) is 0 Å². The molecule has 0 saturated carbocycles. The predicted octanol–water partition coefficient (Wildman–Crippen LogP) is 3.80. The van der Waals surface area contributed by atoms with Crippen LogP contribution in [0.25, 0.3) is 6.08 Å². The predicted molar refractivity (Wildman–Crippen MR) is 110 cm³/mol. The molecule has 2 aromatic carbocycles. The number of ether oxygens (including phenoxy) is 1. The number of rotatable bonds is 3. The van der Waals surface area contributed by atoms with E-state index in [1.807, 2.05) is 13.0 Å². The van der Waals surface area contributed by atoms with E-state index >= 15 is 0 Å². The first kappa shape index (κ1) is 19.1. The van der Waals surface area contributed by atoms with E-state index in [9.17, 15) is 9.59 Å². The fourth-order valence-corrected chi connectivity index (χ4v) is 3.32. The number of methoxy groups -OCH3 is 1. The first-order valence-corrected chi connectivity index (χ1v) is 8.93. The van der Waals surface area contributed by atoms with Crippen molar-refractivity contribution in [1.82, 2.24) is 5.32 Å². The highest BCUT2D eigenvalue weighted by Crippen LogP contribution is 2.30. The molecule has 0 atom stereocenters. The van der Waals surface area contributed by atoms with Crippen molar-refractivity contribution in [2.75, 3.05) is 12.0 Å². The Morgan fingerprint density at radius 1 is 1.19 bits per heavy atom. The molecule has 0 aliphatic carbocycles. The highest BCUT2D eigenvalue weighted by molar-refractivity contribution is 7.80. The molecule has 0 radical (unpaired) electrons. The molecule has 7 heteroatoms. The first-order chi connectivity index (χ1) is 12.8. The van der Waals surface area contributed by atoms with Crippen molar-refractivity contribution < 1.29 is 14.3 Å². The van der Waals surface area contributed by atoms with Crippen molar-refractivity contribution in [3.63, 3.8) is 0 Å². The zero-order valence-electron chi connectivity index (χ0n) is 15.0. The van der Waals surface area contributed by atoms with Crippen LogP contribution >= 0.6 is 23.8 Å². The number of benzene rings is 2. The summed E-state index contributed by atoms with van der Waals surface area (Å²) in [5, 5.41) is 3.11. The fourth-order valence-electron chi connectivity index (χ4n) is 2.87. The van der Waals surface area contributed by atoms with Gasteiger partial charge in [-0.1, -0.05) is 23.7 Å². The zero-order valence-corrected chi connectivity index (χ0v) is 16.6. The lowest BCUT2D eigenvalue weighted by atomic mass is 10.0.